The van der Waals surface area contributed by atoms with E-state index in [0.717, 1.165) is 12.0 Å². The van der Waals surface area contributed by atoms with Gasteiger partial charge in [0.15, 0.2) is 13.6 Å². The first-order chi connectivity index (χ1) is 15.5. The molecule has 11 nitrogen and oxygen atoms in total. The summed E-state index contributed by atoms with van der Waals surface area (Å²) in [5, 5.41) is 2.85. The second kappa shape index (κ2) is 16.7. The topological polar surface area (TPSA) is 211 Å². The van der Waals surface area contributed by atoms with Crippen molar-refractivity contribution in [2.45, 2.75) is 63.9 Å². The first kappa shape index (κ1) is 37.9. The maximum atomic E-state index is 11.5. The van der Waals surface area contributed by atoms with Gasteiger partial charge in [-0.1, -0.05) is 37.6 Å². The normalized spacial score (nSPS) is 19.6. The minimum Gasteiger partial charge on any atom is -0.775 e. The number of aryl methyl sites for hydroxylation is 1. The molecule has 1 aromatic carbocycles. The number of nitrogens with one attached hydrogen (secondary N) is 1. The number of carbonyl (C=O) groups is 1. The van der Waals surface area contributed by atoms with E-state index in [0.29, 0.717) is 12.3 Å². The van der Waals surface area contributed by atoms with Gasteiger partial charge in [0.2, 0.25) is 5.91 Å². The fraction of sp³-hybridized carbons (Fsp3) is 0.524. The average molecular weight is 563 g/mol. The van der Waals surface area contributed by atoms with E-state index in [1.807, 2.05) is 20.8 Å². The minimum absolute atomic E-state index is 0. The molecule has 0 radical (unpaired) electrons. The van der Waals surface area contributed by atoms with Crippen LogP contribution in [0.4, 0.5) is 0 Å². The molecule has 2 rings (SSSR count). The van der Waals surface area contributed by atoms with Crippen molar-refractivity contribution in [3.8, 4) is 0 Å². The summed E-state index contributed by atoms with van der Waals surface area (Å²) in [6.45, 7) is 7.33. The first-order valence-electron chi connectivity index (χ1n) is 10.6. The van der Waals surface area contributed by atoms with E-state index < -0.39 is 23.8 Å². The largest absolute Gasteiger partial charge is 1.00 e. The Labute approximate surface area is 257 Å². The van der Waals surface area contributed by atoms with Gasteiger partial charge in [-0.15, -0.1) is 0 Å². The van der Waals surface area contributed by atoms with Crippen LogP contribution in [-0.4, -0.2) is 41.8 Å². The van der Waals surface area contributed by atoms with Crippen molar-refractivity contribution in [3.63, 3.8) is 0 Å². The van der Waals surface area contributed by atoms with Crippen molar-refractivity contribution in [2.24, 2.45) is 28.3 Å². The summed E-state index contributed by atoms with van der Waals surface area (Å²) in [5.41, 5.74) is 11.8. The van der Waals surface area contributed by atoms with E-state index in [2.05, 4.69) is 10.3 Å². The van der Waals surface area contributed by atoms with Gasteiger partial charge in [-0.25, -0.2) is 13.4 Å². The van der Waals surface area contributed by atoms with Crippen LogP contribution in [0, 0.1) is 18.8 Å². The Morgan fingerprint density at radius 3 is 2.17 bits per heavy atom. The van der Waals surface area contributed by atoms with Gasteiger partial charge in [0.25, 0.3) is 0 Å². The molecule has 36 heavy (non-hydrogen) atoms. The van der Waals surface area contributed by atoms with Gasteiger partial charge in [-0.05, 0) is 49.6 Å². The van der Waals surface area contributed by atoms with Crippen LogP contribution < -0.4 is 80.8 Å². The SMILES string of the molecule is CC(=O)N[C@@H](CC(C)C)[C@H]1CC=C(P(=O)([O-])O)C[C@@H]1N=C(N)N.Cc1ccc(S(=O)(=O)[O-])cc1.[Na+].[Na+]. The number of guanidine groups is 1. The molecule has 1 unspecified atom stereocenters. The summed E-state index contributed by atoms with van der Waals surface area (Å²) in [6.07, 6.45) is 2.60. The van der Waals surface area contributed by atoms with Gasteiger partial charge in [0.1, 0.15) is 10.1 Å². The van der Waals surface area contributed by atoms with Crippen LogP contribution >= 0.6 is 7.60 Å². The van der Waals surface area contributed by atoms with E-state index in [1.165, 1.54) is 25.1 Å². The third kappa shape index (κ3) is 14.1. The molecule has 1 amide bonds. The van der Waals surface area contributed by atoms with E-state index >= 15 is 0 Å². The second-order valence-corrected chi connectivity index (χ2v) is 11.6. The molecule has 1 aliphatic rings. The molecule has 0 spiro atoms. The monoisotopic (exact) mass is 562 g/mol. The van der Waals surface area contributed by atoms with Crippen molar-refractivity contribution in [1.82, 2.24) is 5.32 Å². The molecule has 0 aromatic heterocycles. The Bertz CT molecular complexity index is 1060. The molecule has 6 N–H and O–H groups in total. The number of nitrogens with zero attached hydrogens (tertiary/aromatic N) is 1. The molecule has 0 saturated carbocycles. The van der Waals surface area contributed by atoms with Crippen molar-refractivity contribution in [2.75, 3.05) is 0 Å². The number of carbonyl (C=O) groups excluding carboxylic acids is 1. The molecule has 192 valence electrons. The van der Waals surface area contributed by atoms with Gasteiger partial charge in [0.05, 0.1) is 10.9 Å². The number of hydrogen-bond donors (Lipinski definition) is 4. The van der Waals surface area contributed by atoms with Crippen LogP contribution in [-0.2, 0) is 19.5 Å². The molecule has 15 heteroatoms. The molecular weight excluding hydrogens is 529 g/mol. The standard InChI is InChI=1S/C14H27N4O4P.C7H8O3S.2Na/c1-8(2)6-12(17-9(3)19)11-5-4-10(23(20,21)22)7-13(11)18-14(15)16;1-6-2-4-7(5-3-6)11(8,9)10;;/h4,8,11-13H,5-7H2,1-3H3,(H,17,19)(H4,15,16,18)(H2,20,21,22);2-5H,1H3,(H,8,9,10);;/q;;2*+1/p-2/t11-,12+,13+;;;/m1.../s1. The number of benzene rings is 1. The van der Waals surface area contributed by atoms with Crippen molar-refractivity contribution < 1.29 is 91.2 Å². The number of aliphatic imine (C=N–C) groups is 1. The molecule has 1 aromatic rings. The number of amides is 1. The molecule has 0 saturated heterocycles. The van der Waals surface area contributed by atoms with Crippen molar-refractivity contribution >= 4 is 29.6 Å². The maximum Gasteiger partial charge on any atom is 1.00 e. The Kier molecular flexibility index (Phi) is 17.5. The summed E-state index contributed by atoms with van der Waals surface area (Å²) in [6, 6.07) is 5.10. The minimum atomic E-state index is -4.56. The van der Waals surface area contributed by atoms with Crippen LogP contribution in [0.2, 0.25) is 0 Å². The van der Waals surface area contributed by atoms with E-state index in [1.54, 1.807) is 12.1 Å². The first-order valence-corrected chi connectivity index (χ1v) is 13.6. The predicted octanol–water partition coefficient (Wildman–Crippen LogP) is -5.07. The Hall–Kier alpha value is -0.240. The van der Waals surface area contributed by atoms with Crippen LogP contribution in [0.1, 0.15) is 45.6 Å². The number of nitrogens with two attached hydrogens (primary N) is 2. The summed E-state index contributed by atoms with van der Waals surface area (Å²) < 4.78 is 42.5. The van der Waals surface area contributed by atoms with E-state index in [-0.39, 0.29) is 99.6 Å². The molecule has 0 bridgehead atoms. The number of rotatable bonds is 7. The average Bonchev–Trinajstić information content (AvgIpc) is 2.65. The van der Waals surface area contributed by atoms with Gasteiger partial charge < -0.3 is 35.7 Å². The number of hydrogen-bond acceptors (Lipinski definition) is 7. The summed E-state index contributed by atoms with van der Waals surface area (Å²) in [5.74, 6) is -0.115. The van der Waals surface area contributed by atoms with Gasteiger partial charge in [-0.3, -0.25) is 4.79 Å². The fourth-order valence-electron chi connectivity index (χ4n) is 3.69. The second-order valence-electron chi connectivity index (χ2n) is 8.64. The molecule has 0 heterocycles. The zero-order valence-electron chi connectivity index (χ0n) is 21.7. The van der Waals surface area contributed by atoms with Crippen molar-refractivity contribution in [1.29, 1.82) is 0 Å². The fourth-order valence-corrected chi connectivity index (χ4v) is 4.91. The smallest absolute Gasteiger partial charge is 0.775 e. The zero-order valence-corrected chi connectivity index (χ0v) is 27.4. The molecule has 0 aliphatic heterocycles. The third-order valence-electron chi connectivity index (χ3n) is 5.16. The zero-order chi connectivity index (χ0) is 26.3. The summed E-state index contributed by atoms with van der Waals surface area (Å²) in [7, 11) is -8.83. The van der Waals surface area contributed by atoms with Gasteiger partial charge >= 0.3 is 59.1 Å². The maximum absolute atomic E-state index is 11.5. The van der Waals surface area contributed by atoms with Crippen LogP contribution in [0.5, 0.6) is 0 Å². The van der Waals surface area contributed by atoms with E-state index in [4.69, 9.17) is 11.5 Å². The third-order valence-corrected chi connectivity index (χ3v) is 7.10. The Morgan fingerprint density at radius 2 is 1.78 bits per heavy atom. The van der Waals surface area contributed by atoms with E-state index in [9.17, 15) is 32.1 Å². The number of allylic oxidation sites excluding steroid dienone is 1. The molecule has 0 fully saturated rings. The Morgan fingerprint density at radius 1 is 1.25 bits per heavy atom. The predicted molar refractivity (Wildman–Crippen MR) is 126 cm³/mol. The quantitative estimate of drug-likeness (QED) is 0.0822. The van der Waals surface area contributed by atoms with Gasteiger partial charge in [-0.2, -0.15) is 0 Å². The van der Waals surface area contributed by atoms with Crippen LogP contribution in [0.15, 0.2) is 45.5 Å². The summed E-state index contributed by atoms with van der Waals surface area (Å²) >= 11 is 0. The summed E-state index contributed by atoms with van der Waals surface area (Å²) in [4.78, 5) is 36.1. The van der Waals surface area contributed by atoms with Crippen LogP contribution in [0.25, 0.3) is 0 Å². The van der Waals surface area contributed by atoms with Gasteiger partial charge in [0, 0.05) is 18.9 Å². The van der Waals surface area contributed by atoms with Crippen LogP contribution in [0.3, 0.4) is 0 Å². The molecule has 1 aliphatic carbocycles. The molecule has 4 atom stereocenters. The Balaban J connectivity index is 0. The van der Waals surface area contributed by atoms with Crippen molar-refractivity contribution in [3.05, 3.63) is 41.2 Å². The molecular formula is C21H33N4Na2O7PS.